The number of fused-ring (bicyclic) bond motifs is 1. The number of aryl methyl sites for hydroxylation is 1. The maximum absolute atomic E-state index is 12.4. The minimum atomic E-state index is -0.236. The maximum atomic E-state index is 12.4. The van der Waals surface area contributed by atoms with Gasteiger partial charge in [-0.15, -0.1) is 0 Å². The monoisotopic (exact) mass is 376 g/mol. The first kappa shape index (κ1) is 15.9. The highest BCUT2D eigenvalue weighted by Crippen LogP contribution is 2.23. The van der Waals surface area contributed by atoms with Gasteiger partial charge in [-0.2, -0.15) is 5.10 Å². The minimum absolute atomic E-state index is 0.236. The zero-order valence-corrected chi connectivity index (χ0v) is 14.6. The molecule has 1 aliphatic heterocycles. The van der Waals surface area contributed by atoms with E-state index in [0.29, 0.717) is 17.7 Å². The first-order chi connectivity index (χ1) is 11.0. The molecule has 23 heavy (non-hydrogen) atoms. The number of rotatable bonds is 5. The third kappa shape index (κ3) is 2.82. The van der Waals surface area contributed by atoms with Crippen LogP contribution >= 0.6 is 15.9 Å². The molecule has 0 N–H and O–H groups in total. The number of benzene rings is 1. The summed E-state index contributed by atoms with van der Waals surface area (Å²) in [6, 6.07) is 6.93. The van der Waals surface area contributed by atoms with Crippen molar-refractivity contribution >= 4 is 27.7 Å². The Labute approximate surface area is 142 Å². The number of hydrogen-bond donors (Lipinski definition) is 0. The van der Waals surface area contributed by atoms with E-state index in [9.17, 15) is 9.59 Å². The Morgan fingerprint density at radius 3 is 2.35 bits per heavy atom. The van der Waals surface area contributed by atoms with Crippen LogP contribution < -0.4 is 0 Å². The van der Waals surface area contributed by atoms with E-state index in [4.69, 9.17) is 0 Å². The normalized spacial score (nSPS) is 14.0. The summed E-state index contributed by atoms with van der Waals surface area (Å²) in [5.41, 5.74) is 1.97. The second-order valence-corrected chi connectivity index (χ2v) is 6.35. The first-order valence-electron chi connectivity index (χ1n) is 7.37. The summed E-state index contributed by atoms with van der Waals surface area (Å²) in [5.74, 6) is -0.471. The van der Waals surface area contributed by atoms with E-state index in [-0.39, 0.29) is 18.5 Å². The number of halogens is 1. The molecule has 0 fully saturated rings. The molecule has 0 unspecified atom stereocenters. The van der Waals surface area contributed by atoms with Crippen LogP contribution in [0.25, 0.3) is 0 Å². The number of aromatic nitrogens is 2. The summed E-state index contributed by atoms with van der Waals surface area (Å²) in [4.78, 5) is 28.0. The molecule has 2 amide bonds. The number of amides is 2. The first-order valence-corrected chi connectivity index (χ1v) is 8.16. The molecule has 0 saturated carbocycles. The van der Waals surface area contributed by atoms with Gasteiger partial charge in [0.15, 0.2) is 0 Å². The minimum Gasteiger partial charge on any atom is -0.283 e. The average Bonchev–Trinajstić information content (AvgIpc) is 3.01. The predicted octanol–water partition coefficient (Wildman–Crippen LogP) is 2.35. The molecule has 1 aromatic heterocycles. The van der Waals surface area contributed by atoms with Crippen molar-refractivity contribution in [2.45, 2.75) is 20.0 Å². The van der Waals surface area contributed by atoms with Gasteiger partial charge < -0.3 is 0 Å². The highest BCUT2D eigenvalue weighted by atomic mass is 79.9. The predicted molar refractivity (Wildman–Crippen MR) is 88.9 cm³/mol. The third-order valence-electron chi connectivity index (χ3n) is 3.88. The Morgan fingerprint density at radius 2 is 1.78 bits per heavy atom. The highest BCUT2D eigenvalue weighted by molar-refractivity contribution is 9.10. The van der Waals surface area contributed by atoms with Crippen LogP contribution in [0.15, 0.2) is 34.9 Å². The Bertz CT molecular complexity index is 736. The summed E-state index contributed by atoms with van der Waals surface area (Å²) >= 11 is 3.49. The molecular weight excluding hydrogens is 360 g/mol. The van der Waals surface area contributed by atoms with Gasteiger partial charge in [0.05, 0.1) is 34.2 Å². The molecule has 0 bridgehead atoms. The fraction of sp³-hybridized carbons (Fsp3) is 0.312. The zero-order valence-electron chi connectivity index (χ0n) is 13.0. The maximum Gasteiger partial charge on any atom is 0.262 e. The van der Waals surface area contributed by atoms with Crippen molar-refractivity contribution in [3.8, 4) is 0 Å². The van der Waals surface area contributed by atoms with E-state index in [0.717, 1.165) is 16.7 Å². The lowest BCUT2D eigenvalue weighted by molar-refractivity contribution is 0.0557. The highest BCUT2D eigenvalue weighted by Gasteiger charge is 2.35. The van der Waals surface area contributed by atoms with E-state index in [1.807, 2.05) is 23.6 Å². The zero-order chi connectivity index (χ0) is 16.6. The van der Waals surface area contributed by atoms with Gasteiger partial charge in [0.2, 0.25) is 0 Å². The van der Waals surface area contributed by atoms with Crippen LogP contribution in [0.5, 0.6) is 0 Å². The van der Waals surface area contributed by atoms with Crippen LogP contribution in [0.1, 0.15) is 33.3 Å². The lowest BCUT2D eigenvalue weighted by Gasteiger charge is -2.23. The molecule has 2 heterocycles. The summed E-state index contributed by atoms with van der Waals surface area (Å²) in [7, 11) is 1.88. The number of imide groups is 1. The second-order valence-electron chi connectivity index (χ2n) is 5.49. The van der Waals surface area contributed by atoms with Crippen LogP contribution in [0.2, 0.25) is 0 Å². The van der Waals surface area contributed by atoms with Gasteiger partial charge in [-0.3, -0.25) is 24.1 Å². The van der Waals surface area contributed by atoms with Crippen LogP contribution in [0, 0.1) is 0 Å². The standard InChI is InChI=1S/C16H17BrN4O2/c1-3-21-14(13(17)8-18-21)9-19(2)10-20-15(22)11-6-4-5-7-12(11)16(20)23/h4-8H,3,9-10H2,1-2H3. The summed E-state index contributed by atoms with van der Waals surface area (Å²) in [6.45, 7) is 3.62. The van der Waals surface area contributed by atoms with E-state index >= 15 is 0 Å². The topological polar surface area (TPSA) is 58.4 Å². The SMILES string of the molecule is CCn1ncc(Br)c1CN(C)CN1C(=O)c2ccccc2C1=O. The van der Waals surface area contributed by atoms with Gasteiger partial charge in [-0.25, -0.2) is 0 Å². The van der Waals surface area contributed by atoms with Crippen molar-refractivity contribution in [3.63, 3.8) is 0 Å². The molecule has 120 valence electrons. The number of nitrogens with zero attached hydrogens (tertiary/aromatic N) is 4. The van der Waals surface area contributed by atoms with Gasteiger partial charge in [-0.05, 0) is 42.0 Å². The van der Waals surface area contributed by atoms with Gasteiger partial charge in [-0.1, -0.05) is 12.1 Å². The average molecular weight is 377 g/mol. The molecule has 6 nitrogen and oxygen atoms in total. The van der Waals surface area contributed by atoms with E-state index in [1.165, 1.54) is 4.90 Å². The molecular formula is C16H17BrN4O2. The third-order valence-corrected chi connectivity index (χ3v) is 4.54. The van der Waals surface area contributed by atoms with E-state index in [1.54, 1.807) is 30.5 Å². The number of carbonyl (C=O) groups is 2. The molecule has 1 aromatic carbocycles. The molecule has 0 aliphatic carbocycles. The van der Waals surface area contributed by atoms with Crippen molar-refractivity contribution in [2.75, 3.05) is 13.7 Å². The largest absolute Gasteiger partial charge is 0.283 e. The Balaban J connectivity index is 1.74. The second kappa shape index (κ2) is 6.25. The van der Waals surface area contributed by atoms with Crippen molar-refractivity contribution in [3.05, 3.63) is 51.8 Å². The molecule has 0 atom stereocenters. The van der Waals surface area contributed by atoms with Crippen LogP contribution in [0.4, 0.5) is 0 Å². The quantitative estimate of drug-likeness (QED) is 0.751. The van der Waals surface area contributed by atoms with Gasteiger partial charge in [0, 0.05) is 13.1 Å². The molecule has 0 radical (unpaired) electrons. The summed E-state index contributed by atoms with van der Waals surface area (Å²) in [5, 5.41) is 4.28. The smallest absolute Gasteiger partial charge is 0.262 e. The van der Waals surface area contributed by atoms with E-state index < -0.39 is 0 Å². The lowest BCUT2D eigenvalue weighted by atomic mass is 10.1. The lowest BCUT2D eigenvalue weighted by Crippen LogP contribution is -2.39. The summed E-state index contributed by atoms with van der Waals surface area (Å²) in [6.07, 6.45) is 1.76. The molecule has 0 spiro atoms. The van der Waals surface area contributed by atoms with Gasteiger partial charge in [0.1, 0.15) is 0 Å². The summed E-state index contributed by atoms with van der Waals surface area (Å²) < 4.78 is 2.82. The Hall–Kier alpha value is -1.99. The molecule has 1 aliphatic rings. The van der Waals surface area contributed by atoms with Crippen LogP contribution in [-0.2, 0) is 13.1 Å². The van der Waals surface area contributed by atoms with Crippen LogP contribution in [-0.4, -0.2) is 45.1 Å². The fourth-order valence-electron chi connectivity index (χ4n) is 2.73. The Kier molecular flexibility index (Phi) is 4.32. The van der Waals surface area contributed by atoms with Crippen molar-refractivity contribution in [1.82, 2.24) is 19.6 Å². The molecule has 3 rings (SSSR count). The van der Waals surface area contributed by atoms with Gasteiger partial charge >= 0.3 is 0 Å². The van der Waals surface area contributed by atoms with Crippen molar-refractivity contribution in [2.24, 2.45) is 0 Å². The number of carbonyl (C=O) groups excluding carboxylic acids is 2. The fourth-order valence-corrected chi connectivity index (χ4v) is 3.15. The molecule has 0 saturated heterocycles. The van der Waals surface area contributed by atoms with Gasteiger partial charge in [0.25, 0.3) is 11.8 Å². The van der Waals surface area contributed by atoms with Crippen molar-refractivity contribution < 1.29 is 9.59 Å². The van der Waals surface area contributed by atoms with Crippen LogP contribution in [0.3, 0.4) is 0 Å². The molecule has 2 aromatic rings. The Morgan fingerprint density at radius 1 is 1.17 bits per heavy atom. The number of hydrogen-bond acceptors (Lipinski definition) is 4. The van der Waals surface area contributed by atoms with Crippen molar-refractivity contribution in [1.29, 1.82) is 0 Å². The van der Waals surface area contributed by atoms with E-state index in [2.05, 4.69) is 21.0 Å². The molecule has 7 heteroatoms.